The smallest absolute Gasteiger partial charge is 0.416 e. The first-order valence-electron chi connectivity index (χ1n) is 15.5. The second-order valence-corrected chi connectivity index (χ2v) is 13.0. The van der Waals surface area contributed by atoms with E-state index in [2.05, 4.69) is 11.2 Å². The van der Waals surface area contributed by atoms with Gasteiger partial charge in [0.05, 0.1) is 23.6 Å². The van der Waals surface area contributed by atoms with Crippen molar-refractivity contribution >= 4 is 11.9 Å². The average Bonchev–Trinajstić information content (AvgIpc) is 2.94. The summed E-state index contributed by atoms with van der Waals surface area (Å²) in [6, 6.07) is 2.93. The highest BCUT2D eigenvalue weighted by atomic mass is 19.4. The van der Waals surface area contributed by atoms with Crippen LogP contribution in [-0.2, 0) is 22.2 Å². The molecule has 3 aromatic rings. The minimum Gasteiger partial charge on any atom is -0.481 e. The first-order valence-corrected chi connectivity index (χ1v) is 15.5. The Labute approximate surface area is 275 Å². The SMILES string of the molecule is C#Cc1cc(-c2c(C)cc(F)cc2C)cc([C@@H](CC(=O)O)NC(=O)[C@@H](CC(C)C)n2cc(CC3CN(C)C3)c(C(F)(F)F)cc2=O)c1F. The van der Waals surface area contributed by atoms with E-state index in [4.69, 9.17) is 6.42 Å². The van der Waals surface area contributed by atoms with E-state index in [0.717, 1.165) is 10.8 Å². The first kappa shape index (κ1) is 36.3. The van der Waals surface area contributed by atoms with Gasteiger partial charge in [0.15, 0.2) is 0 Å². The number of halogens is 5. The number of carbonyl (C=O) groups excluding carboxylic acids is 1. The molecule has 0 aliphatic carbocycles. The lowest BCUT2D eigenvalue weighted by molar-refractivity contribution is -0.139. The predicted molar refractivity (Wildman–Crippen MR) is 171 cm³/mol. The number of amides is 1. The number of carboxylic acid groups (broad SMARTS) is 1. The van der Waals surface area contributed by atoms with E-state index in [1.54, 1.807) is 27.7 Å². The molecule has 1 aliphatic rings. The van der Waals surface area contributed by atoms with Gasteiger partial charge in [-0.1, -0.05) is 19.8 Å². The molecule has 2 aromatic carbocycles. The molecule has 48 heavy (non-hydrogen) atoms. The van der Waals surface area contributed by atoms with Crippen LogP contribution in [0.3, 0.4) is 0 Å². The molecular formula is C36H38F5N3O4. The van der Waals surface area contributed by atoms with Crippen molar-refractivity contribution in [2.45, 2.75) is 65.2 Å². The second kappa shape index (κ2) is 14.3. The third-order valence-electron chi connectivity index (χ3n) is 8.56. The number of carbonyl (C=O) groups is 2. The summed E-state index contributed by atoms with van der Waals surface area (Å²) in [5.74, 6) is -1.77. The van der Waals surface area contributed by atoms with E-state index in [9.17, 15) is 37.1 Å². The van der Waals surface area contributed by atoms with Crippen LogP contribution < -0.4 is 10.9 Å². The largest absolute Gasteiger partial charge is 0.481 e. The molecule has 12 heteroatoms. The quantitative estimate of drug-likeness (QED) is 0.181. The fourth-order valence-electron chi connectivity index (χ4n) is 6.52. The maximum Gasteiger partial charge on any atom is 0.416 e. The van der Waals surface area contributed by atoms with Crippen LogP contribution in [0.4, 0.5) is 22.0 Å². The number of pyridine rings is 1. The summed E-state index contributed by atoms with van der Waals surface area (Å²) in [6.07, 6.45) is 1.13. The number of nitrogens with zero attached hydrogens (tertiary/aromatic N) is 2. The van der Waals surface area contributed by atoms with Gasteiger partial charge < -0.3 is 19.9 Å². The van der Waals surface area contributed by atoms with Crippen molar-refractivity contribution in [1.82, 2.24) is 14.8 Å². The molecule has 1 saturated heterocycles. The summed E-state index contributed by atoms with van der Waals surface area (Å²) in [7, 11) is 1.84. The Balaban J connectivity index is 1.81. The molecule has 2 atom stereocenters. The number of hydrogen-bond acceptors (Lipinski definition) is 4. The second-order valence-electron chi connectivity index (χ2n) is 13.0. The molecule has 256 valence electrons. The zero-order chi connectivity index (χ0) is 35.7. The molecule has 0 radical (unpaired) electrons. The van der Waals surface area contributed by atoms with Gasteiger partial charge in [-0.3, -0.25) is 14.4 Å². The Morgan fingerprint density at radius 3 is 2.23 bits per heavy atom. The molecule has 2 N–H and O–H groups in total. The van der Waals surface area contributed by atoms with Gasteiger partial charge in [-0.15, -0.1) is 6.42 Å². The number of alkyl halides is 3. The molecule has 1 amide bonds. The number of rotatable bonds is 11. The number of aromatic nitrogens is 1. The van der Waals surface area contributed by atoms with Gasteiger partial charge in [-0.25, -0.2) is 8.78 Å². The molecule has 1 fully saturated rings. The van der Waals surface area contributed by atoms with Crippen LogP contribution in [0.25, 0.3) is 11.1 Å². The van der Waals surface area contributed by atoms with Crippen molar-refractivity contribution in [1.29, 1.82) is 0 Å². The van der Waals surface area contributed by atoms with Crippen molar-refractivity contribution in [3.63, 3.8) is 0 Å². The minimum atomic E-state index is -4.80. The molecule has 0 spiro atoms. The Morgan fingerprint density at radius 2 is 1.71 bits per heavy atom. The monoisotopic (exact) mass is 671 g/mol. The molecular weight excluding hydrogens is 633 g/mol. The van der Waals surface area contributed by atoms with Crippen LogP contribution in [-0.4, -0.2) is 46.6 Å². The lowest BCUT2D eigenvalue weighted by Crippen LogP contribution is -2.45. The number of benzene rings is 2. The molecule has 4 rings (SSSR count). The molecule has 0 bridgehead atoms. The van der Waals surface area contributed by atoms with E-state index in [0.29, 0.717) is 41.4 Å². The van der Waals surface area contributed by atoms with E-state index in [-0.39, 0.29) is 41.4 Å². The summed E-state index contributed by atoms with van der Waals surface area (Å²) >= 11 is 0. The minimum absolute atomic E-state index is 0.00853. The van der Waals surface area contributed by atoms with Crippen LogP contribution in [0.15, 0.2) is 41.3 Å². The van der Waals surface area contributed by atoms with Crippen molar-refractivity contribution in [2.75, 3.05) is 20.1 Å². The van der Waals surface area contributed by atoms with Gasteiger partial charge in [-0.05, 0) is 97.7 Å². The summed E-state index contributed by atoms with van der Waals surface area (Å²) < 4.78 is 73.0. The number of aryl methyl sites for hydroxylation is 2. The maximum absolute atomic E-state index is 15.9. The third kappa shape index (κ3) is 8.13. The molecule has 2 heterocycles. The van der Waals surface area contributed by atoms with Crippen LogP contribution in [0, 0.1) is 49.7 Å². The summed E-state index contributed by atoms with van der Waals surface area (Å²) in [5, 5.41) is 12.3. The predicted octanol–water partition coefficient (Wildman–Crippen LogP) is 6.43. The zero-order valence-corrected chi connectivity index (χ0v) is 27.3. The van der Waals surface area contributed by atoms with Gasteiger partial charge in [0.25, 0.3) is 5.56 Å². The third-order valence-corrected chi connectivity index (χ3v) is 8.56. The molecule has 7 nitrogen and oxygen atoms in total. The lowest BCUT2D eigenvalue weighted by Gasteiger charge is -2.37. The average molecular weight is 672 g/mol. The Kier molecular flexibility index (Phi) is 10.8. The van der Waals surface area contributed by atoms with Crippen LogP contribution in [0.5, 0.6) is 0 Å². The van der Waals surface area contributed by atoms with Crippen LogP contribution in [0.2, 0.25) is 0 Å². The van der Waals surface area contributed by atoms with Crippen LogP contribution in [0.1, 0.15) is 72.2 Å². The summed E-state index contributed by atoms with van der Waals surface area (Å²) in [4.78, 5) is 41.2. The maximum atomic E-state index is 15.9. The number of aliphatic carboxylic acids is 1. The normalized spacial score (nSPS) is 15.1. The van der Waals surface area contributed by atoms with Gasteiger partial charge in [-0.2, -0.15) is 13.2 Å². The standard InChI is InChI=1S/C36H38F5N3O4/c1-7-23-12-24(33-20(4)9-26(37)10-21(33)5)13-27(34(23)38)29(15-32(46)47)42-35(48)30(8-19(2)3)44-18-25(11-22-16-43(6)17-22)28(14-31(44)45)36(39,40)41/h1,9-10,12-14,18-19,22,29-30H,8,11,15-17H2,2-6H3,(H,42,48)(H,46,47)/t29-,30-/m1/s1. The number of nitrogens with one attached hydrogen (secondary N) is 1. The molecule has 1 aromatic heterocycles. The first-order chi connectivity index (χ1) is 22.4. The highest BCUT2D eigenvalue weighted by Crippen LogP contribution is 2.36. The van der Waals surface area contributed by atoms with Gasteiger partial charge in [0, 0.05) is 30.9 Å². The number of terminal acetylenes is 1. The van der Waals surface area contributed by atoms with E-state index in [1.165, 1.54) is 24.3 Å². The van der Waals surface area contributed by atoms with Gasteiger partial charge in [0.1, 0.15) is 17.7 Å². The Morgan fingerprint density at radius 1 is 1.08 bits per heavy atom. The number of hydrogen-bond donors (Lipinski definition) is 2. The Bertz CT molecular complexity index is 1800. The van der Waals surface area contributed by atoms with Crippen molar-refractivity contribution in [3.8, 4) is 23.5 Å². The lowest BCUT2D eigenvalue weighted by atomic mass is 9.90. The number of carboxylic acids is 1. The van der Waals surface area contributed by atoms with Crippen molar-refractivity contribution < 1.29 is 36.6 Å². The van der Waals surface area contributed by atoms with E-state index >= 15 is 4.39 Å². The summed E-state index contributed by atoms with van der Waals surface area (Å²) in [6.45, 7) is 7.96. The highest BCUT2D eigenvalue weighted by Gasteiger charge is 2.37. The van der Waals surface area contributed by atoms with E-state index < -0.39 is 59.3 Å². The van der Waals surface area contributed by atoms with E-state index in [1.807, 2.05) is 11.9 Å². The zero-order valence-electron chi connectivity index (χ0n) is 27.3. The highest BCUT2D eigenvalue weighted by molar-refractivity contribution is 5.82. The molecule has 0 saturated carbocycles. The Hall–Kier alpha value is -4.50. The van der Waals surface area contributed by atoms with Crippen molar-refractivity contribution in [2.24, 2.45) is 11.8 Å². The van der Waals surface area contributed by atoms with Crippen LogP contribution >= 0.6 is 0 Å². The number of likely N-dealkylation sites (tertiary alicyclic amines) is 1. The topological polar surface area (TPSA) is 91.6 Å². The fraction of sp³-hybridized carbons (Fsp3) is 0.417. The summed E-state index contributed by atoms with van der Waals surface area (Å²) in [5.41, 5.74) is -0.820. The molecule has 1 aliphatic heterocycles. The molecule has 0 unspecified atom stereocenters. The fourth-order valence-corrected chi connectivity index (χ4v) is 6.52. The van der Waals surface area contributed by atoms with Crippen molar-refractivity contribution in [3.05, 3.63) is 91.9 Å². The van der Waals surface area contributed by atoms with Gasteiger partial charge >= 0.3 is 12.1 Å². The van der Waals surface area contributed by atoms with Gasteiger partial charge in [0.2, 0.25) is 5.91 Å².